The molecule has 3 rings (SSSR count). The molecule has 28 heavy (non-hydrogen) atoms. The maximum atomic E-state index is 12.9. The molecule has 1 aliphatic heterocycles. The molecule has 2 aromatic carbocycles. The molecule has 1 saturated heterocycles. The lowest BCUT2D eigenvalue weighted by molar-refractivity contribution is -0.118. The topological polar surface area (TPSA) is 58.6 Å². The summed E-state index contributed by atoms with van der Waals surface area (Å²) in [5, 5.41) is 2.78. The summed E-state index contributed by atoms with van der Waals surface area (Å²) < 4.78 is 18.2. The Bertz CT molecular complexity index is 851. The monoisotopic (exact) mass is 384 g/mol. The number of ether oxygens (including phenoxy) is 1. The van der Waals surface area contributed by atoms with Gasteiger partial charge in [-0.3, -0.25) is 9.59 Å². The van der Waals surface area contributed by atoms with Gasteiger partial charge < -0.3 is 15.0 Å². The second-order valence-corrected chi connectivity index (χ2v) is 7.16. The molecule has 0 aliphatic carbocycles. The number of benzene rings is 2. The van der Waals surface area contributed by atoms with E-state index >= 15 is 0 Å². The van der Waals surface area contributed by atoms with Crippen molar-refractivity contribution in [2.75, 3.05) is 18.5 Å². The molecule has 0 bridgehead atoms. The number of likely N-dealkylation sites (tertiary alicyclic amines) is 1. The number of aryl methyl sites for hydroxylation is 1. The van der Waals surface area contributed by atoms with Gasteiger partial charge in [0.25, 0.3) is 11.8 Å². The van der Waals surface area contributed by atoms with E-state index < -0.39 is 0 Å². The average Bonchev–Trinajstić information content (AvgIpc) is 2.69. The van der Waals surface area contributed by atoms with Crippen LogP contribution in [0, 0.1) is 12.7 Å². The van der Waals surface area contributed by atoms with Crippen molar-refractivity contribution < 1.29 is 18.7 Å². The van der Waals surface area contributed by atoms with Crippen molar-refractivity contribution in [1.29, 1.82) is 0 Å². The molecular formula is C22H25FN2O3. The summed E-state index contributed by atoms with van der Waals surface area (Å²) in [6.07, 6.45) is 3.24. The fourth-order valence-corrected chi connectivity index (χ4v) is 3.37. The highest BCUT2D eigenvalue weighted by molar-refractivity contribution is 5.97. The van der Waals surface area contributed by atoms with Gasteiger partial charge in [0, 0.05) is 23.8 Å². The van der Waals surface area contributed by atoms with Gasteiger partial charge >= 0.3 is 0 Å². The lowest BCUT2D eigenvalue weighted by Crippen LogP contribution is -2.42. The minimum atomic E-state index is -0.360. The van der Waals surface area contributed by atoms with E-state index in [-0.39, 0.29) is 30.3 Å². The number of nitrogens with zero attached hydrogens (tertiary/aromatic N) is 1. The van der Waals surface area contributed by atoms with Gasteiger partial charge in [-0.1, -0.05) is 0 Å². The van der Waals surface area contributed by atoms with E-state index in [0.29, 0.717) is 17.0 Å². The van der Waals surface area contributed by atoms with Gasteiger partial charge in [0.05, 0.1) is 0 Å². The largest absolute Gasteiger partial charge is 0.484 e. The average molecular weight is 384 g/mol. The van der Waals surface area contributed by atoms with Crippen LogP contribution in [0.3, 0.4) is 0 Å². The Morgan fingerprint density at radius 1 is 1.18 bits per heavy atom. The van der Waals surface area contributed by atoms with Crippen LogP contribution < -0.4 is 10.1 Å². The number of amides is 2. The summed E-state index contributed by atoms with van der Waals surface area (Å²) in [6.45, 7) is 4.54. The maximum Gasteiger partial charge on any atom is 0.262 e. The van der Waals surface area contributed by atoms with E-state index in [1.807, 2.05) is 11.8 Å². The van der Waals surface area contributed by atoms with E-state index in [1.165, 1.54) is 24.3 Å². The van der Waals surface area contributed by atoms with Gasteiger partial charge in [-0.15, -0.1) is 0 Å². The number of hydrogen-bond acceptors (Lipinski definition) is 3. The number of halogens is 1. The molecule has 2 aromatic rings. The Kier molecular flexibility index (Phi) is 6.29. The van der Waals surface area contributed by atoms with Crippen molar-refractivity contribution in [3.05, 3.63) is 59.4 Å². The molecule has 5 nitrogen and oxygen atoms in total. The number of carbonyl (C=O) groups is 2. The third kappa shape index (κ3) is 4.88. The molecule has 1 atom stereocenters. The Hall–Kier alpha value is -2.89. The predicted molar refractivity (Wildman–Crippen MR) is 106 cm³/mol. The van der Waals surface area contributed by atoms with Crippen molar-refractivity contribution in [1.82, 2.24) is 4.90 Å². The molecule has 6 heteroatoms. The normalized spacial score (nSPS) is 16.5. The maximum absolute atomic E-state index is 12.9. The van der Waals surface area contributed by atoms with E-state index in [9.17, 15) is 14.0 Å². The standard InChI is InChI=1S/C22H25FN2O3/c1-15-13-17(22(27)25-12-4-3-5-16(25)2)6-11-20(15)24-21(26)14-28-19-9-7-18(23)8-10-19/h6-11,13,16H,3-5,12,14H2,1-2H3,(H,24,26)/t16-/m1/s1. The first-order chi connectivity index (χ1) is 13.4. The molecule has 148 valence electrons. The number of rotatable bonds is 5. The van der Waals surface area contributed by atoms with E-state index in [2.05, 4.69) is 12.2 Å². The number of carbonyl (C=O) groups excluding carboxylic acids is 2. The van der Waals surface area contributed by atoms with Crippen LogP contribution in [0.15, 0.2) is 42.5 Å². The number of nitrogens with one attached hydrogen (secondary N) is 1. The second-order valence-electron chi connectivity index (χ2n) is 7.16. The molecule has 1 fully saturated rings. The van der Waals surface area contributed by atoms with Gasteiger partial charge in [-0.25, -0.2) is 4.39 Å². The molecule has 0 unspecified atom stereocenters. The van der Waals surface area contributed by atoms with E-state index in [0.717, 1.165) is 31.4 Å². The number of anilines is 1. The molecule has 1 N–H and O–H groups in total. The summed E-state index contributed by atoms with van der Waals surface area (Å²) in [5.74, 6) is -0.227. The van der Waals surface area contributed by atoms with Gasteiger partial charge in [0.2, 0.25) is 0 Å². The molecule has 1 aliphatic rings. The molecule has 0 saturated carbocycles. The molecular weight excluding hydrogens is 359 g/mol. The van der Waals surface area contributed by atoms with Crippen molar-refractivity contribution in [3.63, 3.8) is 0 Å². The summed E-state index contributed by atoms with van der Waals surface area (Å²) in [7, 11) is 0. The van der Waals surface area contributed by atoms with Gasteiger partial charge in [-0.2, -0.15) is 0 Å². The van der Waals surface area contributed by atoms with Crippen LogP contribution in [-0.4, -0.2) is 35.9 Å². The fourth-order valence-electron chi connectivity index (χ4n) is 3.37. The van der Waals surface area contributed by atoms with Crippen LogP contribution in [0.1, 0.15) is 42.1 Å². The Balaban J connectivity index is 1.59. The minimum absolute atomic E-state index is 0.0350. The zero-order chi connectivity index (χ0) is 20.1. The molecule has 0 spiro atoms. The summed E-state index contributed by atoms with van der Waals surface area (Å²) in [5.41, 5.74) is 2.08. The summed E-state index contributed by atoms with van der Waals surface area (Å²) in [6, 6.07) is 11.0. The first-order valence-corrected chi connectivity index (χ1v) is 9.54. The molecule has 0 aromatic heterocycles. The van der Waals surface area contributed by atoms with Gasteiger partial charge in [0.1, 0.15) is 11.6 Å². The smallest absolute Gasteiger partial charge is 0.262 e. The quantitative estimate of drug-likeness (QED) is 0.842. The van der Waals surface area contributed by atoms with Crippen LogP contribution in [0.25, 0.3) is 0 Å². The Labute approximate surface area is 164 Å². The highest BCUT2D eigenvalue weighted by Crippen LogP contribution is 2.22. The molecule has 2 amide bonds. The fraction of sp³-hybridized carbons (Fsp3) is 0.364. The van der Waals surface area contributed by atoms with Crippen LogP contribution in [0.5, 0.6) is 5.75 Å². The lowest BCUT2D eigenvalue weighted by Gasteiger charge is -2.33. The van der Waals surface area contributed by atoms with Crippen molar-refractivity contribution in [3.8, 4) is 5.75 Å². The van der Waals surface area contributed by atoms with Gasteiger partial charge in [-0.05, 0) is 81.1 Å². The zero-order valence-electron chi connectivity index (χ0n) is 16.2. The third-order valence-electron chi connectivity index (χ3n) is 4.99. The first kappa shape index (κ1) is 19.9. The molecule has 1 heterocycles. The van der Waals surface area contributed by atoms with Crippen molar-refractivity contribution in [2.45, 2.75) is 39.2 Å². The number of hydrogen-bond donors (Lipinski definition) is 1. The molecule has 0 radical (unpaired) electrons. The minimum Gasteiger partial charge on any atom is -0.484 e. The van der Waals surface area contributed by atoms with E-state index in [1.54, 1.807) is 18.2 Å². The second kappa shape index (κ2) is 8.87. The third-order valence-corrected chi connectivity index (χ3v) is 4.99. The zero-order valence-corrected chi connectivity index (χ0v) is 16.2. The van der Waals surface area contributed by atoms with Gasteiger partial charge in [0.15, 0.2) is 6.61 Å². The Morgan fingerprint density at radius 3 is 2.61 bits per heavy atom. The van der Waals surface area contributed by atoms with E-state index in [4.69, 9.17) is 4.74 Å². The number of piperidine rings is 1. The van der Waals surface area contributed by atoms with Crippen LogP contribution in [0.2, 0.25) is 0 Å². The van der Waals surface area contributed by atoms with Crippen LogP contribution in [0.4, 0.5) is 10.1 Å². The predicted octanol–water partition coefficient (Wildman–Crippen LogP) is 4.17. The van der Waals surface area contributed by atoms with Crippen LogP contribution in [-0.2, 0) is 4.79 Å². The highest BCUT2D eigenvalue weighted by Gasteiger charge is 2.24. The Morgan fingerprint density at radius 2 is 1.93 bits per heavy atom. The highest BCUT2D eigenvalue weighted by atomic mass is 19.1. The summed E-state index contributed by atoms with van der Waals surface area (Å²) >= 11 is 0. The van der Waals surface area contributed by atoms with Crippen molar-refractivity contribution in [2.24, 2.45) is 0 Å². The SMILES string of the molecule is Cc1cc(C(=O)N2CCCC[C@H]2C)ccc1NC(=O)COc1ccc(F)cc1. The summed E-state index contributed by atoms with van der Waals surface area (Å²) in [4.78, 5) is 26.8. The lowest BCUT2D eigenvalue weighted by atomic mass is 10.0. The van der Waals surface area contributed by atoms with Crippen LogP contribution >= 0.6 is 0 Å². The first-order valence-electron chi connectivity index (χ1n) is 9.54. The van der Waals surface area contributed by atoms with Crippen molar-refractivity contribution >= 4 is 17.5 Å².